The van der Waals surface area contributed by atoms with E-state index in [4.69, 9.17) is 0 Å². The number of unbranched alkanes of at least 4 members (excludes halogenated alkanes) is 1. The smallest absolute Gasteiger partial charge is 0.208 e. The number of benzene rings is 4. The van der Waals surface area contributed by atoms with Gasteiger partial charge in [0.15, 0.2) is 0 Å². The van der Waals surface area contributed by atoms with Gasteiger partial charge >= 0.3 is 0 Å². The Morgan fingerprint density at radius 3 is 1.57 bits per heavy atom. The molecular formula is C37H45BN2. The van der Waals surface area contributed by atoms with Gasteiger partial charge in [0, 0.05) is 32.4 Å². The summed E-state index contributed by atoms with van der Waals surface area (Å²) in [6.45, 7) is 6.23. The van der Waals surface area contributed by atoms with E-state index in [-0.39, 0.29) is 0 Å². The molecule has 3 heteroatoms. The normalized spacial score (nSPS) is 17.5. The second-order valence-electron chi connectivity index (χ2n) is 11.4. The zero-order valence-corrected chi connectivity index (χ0v) is 24.2. The maximum absolute atomic E-state index is 2.72. The molecule has 2 aliphatic heterocycles. The second-order valence-corrected chi connectivity index (χ2v) is 11.4. The lowest BCUT2D eigenvalue weighted by Crippen LogP contribution is -2.74. The van der Waals surface area contributed by atoms with Crippen LogP contribution >= 0.6 is 0 Å². The fourth-order valence-electron chi connectivity index (χ4n) is 7.00. The first-order valence-electron chi connectivity index (χ1n) is 15.5. The molecule has 1 atom stereocenters. The third-order valence-corrected chi connectivity index (χ3v) is 8.94. The Balaban J connectivity index is 0.000000184. The summed E-state index contributed by atoms with van der Waals surface area (Å²) in [5.74, 6) is 0. The monoisotopic (exact) mass is 528 g/mol. The molecule has 0 aliphatic carbocycles. The SMILES string of the molecule is CCCCN1CCC[N+]2=CCCCCC12.c1ccc([B-](c2ccccc2)(c2ccccc2)c2ccccc2)cc1. The molecule has 6 rings (SSSR count). The zero-order chi connectivity index (χ0) is 27.5. The van der Waals surface area contributed by atoms with E-state index < -0.39 is 6.15 Å². The first-order chi connectivity index (χ1) is 19.8. The summed E-state index contributed by atoms with van der Waals surface area (Å²) in [5.41, 5.74) is 5.36. The predicted octanol–water partition coefficient (Wildman–Crippen LogP) is 5.54. The molecule has 0 spiro atoms. The summed E-state index contributed by atoms with van der Waals surface area (Å²) < 4.78 is 2.62. The average molecular weight is 529 g/mol. The average Bonchev–Trinajstić information content (AvgIpc) is 3.29. The van der Waals surface area contributed by atoms with Crippen LogP contribution < -0.4 is 21.9 Å². The van der Waals surface area contributed by atoms with Gasteiger partial charge in [-0.25, -0.2) is 9.48 Å². The molecular weight excluding hydrogens is 483 g/mol. The number of hydrogen-bond donors (Lipinski definition) is 0. The number of rotatable bonds is 7. The van der Waals surface area contributed by atoms with Gasteiger partial charge < -0.3 is 0 Å². The number of hydrogen-bond acceptors (Lipinski definition) is 1. The fraction of sp³-hybridized carbons (Fsp3) is 0.324. The molecule has 2 nitrogen and oxygen atoms in total. The van der Waals surface area contributed by atoms with Crippen molar-refractivity contribution in [3.8, 4) is 0 Å². The van der Waals surface area contributed by atoms with Crippen molar-refractivity contribution in [1.82, 2.24) is 4.90 Å². The van der Waals surface area contributed by atoms with Gasteiger partial charge in [0.2, 0.25) is 6.17 Å². The van der Waals surface area contributed by atoms with Crippen LogP contribution in [-0.2, 0) is 0 Å². The maximum Gasteiger partial charge on any atom is 0.208 e. The van der Waals surface area contributed by atoms with E-state index in [1.54, 1.807) is 0 Å². The molecule has 0 N–H and O–H groups in total. The van der Waals surface area contributed by atoms with Crippen molar-refractivity contribution in [3.63, 3.8) is 0 Å². The molecule has 40 heavy (non-hydrogen) atoms. The van der Waals surface area contributed by atoms with Gasteiger partial charge in [-0.3, -0.25) is 0 Å². The van der Waals surface area contributed by atoms with Crippen LogP contribution in [0.5, 0.6) is 0 Å². The number of nitrogens with zero attached hydrogens (tertiary/aromatic N) is 2. The van der Waals surface area contributed by atoms with E-state index in [0.29, 0.717) is 0 Å². The van der Waals surface area contributed by atoms with Crippen LogP contribution in [0.1, 0.15) is 51.9 Å². The summed E-state index contributed by atoms with van der Waals surface area (Å²) in [4.78, 5) is 2.72. The van der Waals surface area contributed by atoms with Crippen LogP contribution in [0.3, 0.4) is 0 Å². The van der Waals surface area contributed by atoms with E-state index in [9.17, 15) is 0 Å². The molecule has 0 aromatic heterocycles. The van der Waals surface area contributed by atoms with Crippen LogP contribution in [0, 0.1) is 0 Å². The Labute approximate surface area is 242 Å². The van der Waals surface area contributed by atoms with Gasteiger partial charge in [0.1, 0.15) is 18.9 Å². The Kier molecular flexibility index (Phi) is 10.0. The third-order valence-electron chi connectivity index (χ3n) is 8.94. The zero-order valence-electron chi connectivity index (χ0n) is 24.2. The van der Waals surface area contributed by atoms with Crippen molar-refractivity contribution in [2.45, 2.75) is 58.0 Å². The lowest BCUT2D eigenvalue weighted by Gasteiger charge is -2.44. The van der Waals surface area contributed by atoms with Crippen LogP contribution in [-0.4, -0.2) is 47.6 Å². The minimum Gasteiger partial charge on any atom is -0.245 e. The molecule has 206 valence electrons. The van der Waals surface area contributed by atoms with Gasteiger partial charge in [-0.2, -0.15) is 21.9 Å². The highest BCUT2D eigenvalue weighted by Gasteiger charge is 2.32. The first kappa shape index (κ1) is 28.1. The topological polar surface area (TPSA) is 6.25 Å². The maximum atomic E-state index is 2.72. The Morgan fingerprint density at radius 2 is 1.12 bits per heavy atom. The summed E-state index contributed by atoms with van der Waals surface area (Å²) in [5, 5.41) is 0. The molecule has 0 radical (unpaired) electrons. The molecule has 1 unspecified atom stereocenters. The summed E-state index contributed by atoms with van der Waals surface area (Å²) in [6.07, 6.45) is 11.6. The second kappa shape index (κ2) is 14.3. The van der Waals surface area contributed by atoms with E-state index in [1.807, 2.05) is 0 Å². The molecule has 1 saturated heterocycles. The molecule has 1 fully saturated rings. The Bertz CT molecular complexity index is 1140. The van der Waals surface area contributed by atoms with Crippen molar-refractivity contribution in [2.24, 2.45) is 0 Å². The standard InChI is InChI=1S/C24H20B.C13H25N2/c1-5-13-21(14-6-1)25(22-15-7-2-8-16-22,23-17-9-3-10-18-23)24-19-11-4-12-20-24;1-2-3-9-14-11-7-12-15-10-6-4-5-8-13(14)15/h1-20H;10,13H,2-9,11-12H2,1H3/q-1;+1. The van der Waals surface area contributed by atoms with Crippen LogP contribution in [0.15, 0.2) is 121 Å². The summed E-state index contributed by atoms with van der Waals surface area (Å²) in [6, 6.07) is 43.5. The Morgan fingerprint density at radius 1 is 0.650 bits per heavy atom. The van der Waals surface area contributed by atoms with Gasteiger partial charge in [0.25, 0.3) is 0 Å². The number of fused-ring (bicyclic) bond motifs is 1. The molecule has 2 aliphatic rings. The van der Waals surface area contributed by atoms with Gasteiger partial charge in [-0.05, 0) is 19.3 Å². The molecule has 4 aromatic carbocycles. The van der Waals surface area contributed by atoms with E-state index in [2.05, 4.69) is 144 Å². The molecule has 0 saturated carbocycles. The van der Waals surface area contributed by atoms with E-state index in [0.717, 1.165) is 6.17 Å². The third kappa shape index (κ3) is 6.31. The molecule has 4 aromatic rings. The van der Waals surface area contributed by atoms with Gasteiger partial charge in [-0.1, -0.05) is 135 Å². The summed E-state index contributed by atoms with van der Waals surface area (Å²) in [7, 11) is 0. The quantitative estimate of drug-likeness (QED) is 0.226. The molecule has 0 amide bonds. The van der Waals surface area contributed by atoms with E-state index in [1.165, 1.54) is 86.4 Å². The lowest BCUT2D eigenvalue weighted by molar-refractivity contribution is -0.600. The van der Waals surface area contributed by atoms with Crippen molar-refractivity contribution in [3.05, 3.63) is 121 Å². The van der Waals surface area contributed by atoms with Crippen LogP contribution in [0.2, 0.25) is 0 Å². The van der Waals surface area contributed by atoms with Gasteiger partial charge in [-0.15, -0.1) is 0 Å². The van der Waals surface area contributed by atoms with Crippen molar-refractivity contribution >= 4 is 34.2 Å². The van der Waals surface area contributed by atoms with Crippen molar-refractivity contribution in [2.75, 3.05) is 19.6 Å². The molecule has 0 bridgehead atoms. The highest BCUT2D eigenvalue weighted by Crippen LogP contribution is 2.19. The van der Waals surface area contributed by atoms with Crippen LogP contribution in [0.4, 0.5) is 0 Å². The van der Waals surface area contributed by atoms with Crippen LogP contribution in [0.25, 0.3) is 0 Å². The highest BCUT2D eigenvalue weighted by molar-refractivity contribution is 7.19. The minimum atomic E-state index is -1.22. The first-order valence-corrected chi connectivity index (χ1v) is 15.5. The largest absolute Gasteiger partial charge is 0.245 e. The lowest BCUT2D eigenvalue weighted by atomic mass is 9.13. The summed E-state index contributed by atoms with van der Waals surface area (Å²) >= 11 is 0. The minimum absolute atomic E-state index is 0.743. The Hall–Kier alpha value is -3.43. The van der Waals surface area contributed by atoms with Gasteiger partial charge in [0.05, 0.1) is 0 Å². The van der Waals surface area contributed by atoms with Crippen molar-refractivity contribution in [1.29, 1.82) is 0 Å². The predicted molar refractivity (Wildman–Crippen MR) is 175 cm³/mol. The van der Waals surface area contributed by atoms with E-state index >= 15 is 0 Å². The van der Waals surface area contributed by atoms with Crippen molar-refractivity contribution < 1.29 is 4.58 Å². The highest BCUT2D eigenvalue weighted by atomic mass is 15.3. The molecule has 2 heterocycles. The fourth-order valence-corrected chi connectivity index (χ4v) is 7.00.